The van der Waals surface area contributed by atoms with Crippen molar-refractivity contribution in [3.63, 3.8) is 0 Å². The van der Waals surface area contributed by atoms with Crippen molar-refractivity contribution >= 4 is 5.91 Å². The second-order valence-corrected chi connectivity index (χ2v) is 1.62. The second-order valence-electron chi connectivity index (χ2n) is 1.62. The van der Waals surface area contributed by atoms with Crippen LogP contribution in [0.5, 0.6) is 0 Å². The first-order valence-corrected chi connectivity index (χ1v) is 2.55. The summed E-state index contributed by atoms with van der Waals surface area (Å²) in [4.78, 5) is 10.3. The van der Waals surface area contributed by atoms with Crippen LogP contribution in [-0.4, -0.2) is 12.5 Å². The summed E-state index contributed by atoms with van der Waals surface area (Å²) in [5, 5.41) is 0. The quantitative estimate of drug-likeness (QED) is 0.503. The summed E-state index contributed by atoms with van der Waals surface area (Å²) in [6.07, 6.45) is 4.48. The minimum Gasteiger partial charge on any atom is -0.497 e. The molecule has 1 N–H and O–H groups in total. The molecular weight excluding hydrogens is 118 g/mol. The van der Waals surface area contributed by atoms with Gasteiger partial charge in [0.05, 0.1) is 6.26 Å². The van der Waals surface area contributed by atoms with Gasteiger partial charge in [0.15, 0.2) is 0 Å². The molecule has 1 amide bonds. The summed E-state index contributed by atoms with van der Waals surface area (Å²) in [7, 11) is 0. The minimum absolute atomic E-state index is 0.399. The molecule has 0 saturated heterocycles. The van der Waals surface area contributed by atoms with Crippen molar-refractivity contribution in [1.82, 2.24) is 5.73 Å². The average Bonchev–Trinajstić information content (AvgIpc) is 1.90. The van der Waals surface area contributed by atoms with Crippen LogP contribution in [0.3, 0.4) is 0 Å². The first-order valence-electron chi connectivity index (χ1n) is 2.55. The predicted octanol–water partition coefficient (Wildman–Crippen LogP) is 0.266. The molecule has 1 heterocycles. The highest BCUT2D eigenvalue weighted by molar-refractivity contribution is 5.94. The highest BCUT2D eigenvalue weighted by atomic mass is 16.5. The van der Waals surface area contributed by atoms with Crippen molar-refractivity contribution in [3.8, 4) is 0 Å². The molecule has 1 aliphatic rings. The van der Waals surface area contributed by atoms with Crippen molar-refractivity contribution in [2.24, 2.45) is 0 Å². The van der Waals surface area contributed by atoms with Crippen LogP contribution in [0.1, 0.15) is 0 Å². The van der Waals surface area contributed by atoms with Gasteiger partial charge in [-0.05, 0) is 12.2 Å². The van der Waals surface area contributed by atoms with E-state index in [0.29, 0.717) is 12.2 Å². The third-order valence-corrected chi connectivity index (χ3v) is 1.01. The number of amides is 1. The van der Waals surface area contributed by atoms with Gasteiger partial charge in [-0.2, -0.15) is 0 Å². The summed E-state index contributed by atoms with van der Waals surface area (Å²) in [5.74, 6) is -0.658. The van der Waals surface area contributed by atoms with E-state index in [4.69, 9.17) is 10.5 Å². The van der Waals surface area contributed by atoms with Crippen LogP contribution in [0, 0.1) is 0 Å². The smallest absolute Gasteiger partial charge is 0.269 e. The topological polar surface area (TPSA) is 50.1 Å². The van der Waals surface area contributed by atoms with Crippen molar-refractivity contribution in [2.45, 2.75) is 0 Å². The van der Waals surface area contributed by atoms with Gasteiger partial charge >= 0.3 is 0 Å². The number of hydrogen-bond donors (Lipinski definition) is 0. The maximum atomic E-state index is 10.3. The predicted molar refractivity (Wildman–Crippen MR) is 31.3 cm³/mol. The van der Waals surface area contributed by atoms with E-state index in [0.717, 1.165) is 0 Å². The Morgan fingerprint density at radius 3 is 2.89 bits per heavy atom. The van der Waals surface area contributed by atoms with E-state index in [9.17, 15) is 4.79 Å². The maximum Gasteiger partial charge on any atom is 0.269 e. The fourth-order valence-corrected chi connectivity index (χ4v) is 0.551. The fourth-order valence-electron chi connectivity index (χ4n) is 0.551. The third kappa shape index (κ3) is 1.32. The van der Waals surface area contributed by atoms with E-state index >= 15 is 0 Å². The van der Waals surface area contributed by atoms with E-state index in [2.05, 4.69) is 0 Å². The van der Waals surface area contributed by atoms with Gasteiger partial charge in [0.1, 0.15) is 6.61 Å². The van der Waals surface area contributed by atoms with Gasteiger partial charge in [-0.25, -0.2) is 0 Å². The number of nitrogens with one attached hydrogen (secondary N) is 1. The molecule has 3 nitrogen and oxygen atoms in total. The molecule has 1 aliphatic heterocycles. The molecule has 0 aromatic heterocycles. The fraction of sp³-hybridized carbons (Fsp3) is 0.167. The highest BCUT2D eigenvalue weighted by Gasteiger charge is 2.02. The molecule has 1 rings (SSSR count). The molecule has 0 atom stereocenters. The Hall–Kier alpha value is -1.25. The van der Waals surface area contributed by atoms with Gasteiger partial charge in [-0.3, -0.25) is 10.5 Å². The summed E-state index contributed by atoms with van der Waals surface area (Å²) in [6.45, 7) is 0.399. The van der Waals surface area contributed by atoms with E-state index in [1.54, 1.807) is 6.08 Å². The van der Waals surface area contributed by atoms with Gasteiger partial charge in [0.2, 0.25) is 0 Å². The van der Waals surface area contributed by atoms with Crippen molar-refractivity contribution in [3.05, 3.63) is 24.0 Å². The van der Waals surface area contributed by atoms with Crippen molar-refractivity contribution in [2.75, 3.05) is 6.61 Å². The van der Waals surface area contributed by atoms with Crippen molar-refractivity contribution < 1.29 is 9.53 Å². The number of carbonyl (C=O) groups is 1. The molecular formula is C6H6NO2. The number of rotatable bonds is 1. The summed E-state index contributed by atoms with van der Waals surface area (Å²) in [5.41, 5.74) is 7.06. The Kier molecular flexibility index (Phi) is 1.53. The zero-order valence-corrected chi connectivity index (χ0v) is 4.76. The molecule has 1 radical (unpaired) electrons. The van der Waals surface area contributed by atoms with Crippen LogP contribution >= 0.6 is 0 Å². The van der Waals surface area contributed by atoms with Gasteiger partial charge < -0.3 is 4.74 Å². The van der Waals surface area contributed by atoms with Crippen LogP contribution in [0.2, 0.25) is 0 Å². The van der Waals surface area contributed by atoms with Gasteiger partial charge in [0, 0.05) is 5.57 Å². The van der Waals surface area contributed by atoms with Crippen LogP contribution < -0.4 is 5.73 Å². The van der Waals surface area contributed by atoms with Crippen LogP contribution in [0.25, 0.3) is 0 Å². The summed E-state index contributed by atoms with van der Waals surface area (Å²) in [6, 6.07) is 0. The molecule has 0 unspecified atom stereocenters. The Morgan fingerprint density at radius 2 is 2.56 bits per heavy atom. The number of carbonyl (C=O) groups excluding carboxylic acids is 1. The molecule has 0 aliphatic carbocycles. The lowest BCUT2D eigenvalue weighted by Gasteiger charge is -2.02. The van der Waals surface area contributed by atoms with Gasteiger partial charge in [-0.1, -0.05) is 0 Å². The number of ether oxygens (including phenoxy) is 1. The molecule has 0 aromatic rings. The van der Waals surface area contributed by atoms with E-state index in [-0.39, 0.29) is 0 Å². The first kappa shape index (κ1) is 5.88. The van der Waals surface area contributed by atoms with E-state index in [1.165, 1.54) is 12.3 Å². The maximum absolute atomic E-state index is 10.3. The van der Waals surface area contributed by atoms with Gasteiger partial charge in [-0.15, -0.1) is 0 Å². The second kappa shape index (κ2) is 2.35. The molecule has 3 heteroatoms. The minimum atomic E-state index is -0.658. The monoisotopic (exact) mass is 124 g/mol. The zero-order chi connectivity index (χ0) is 6.69. The first-order chi connectivity index (χ1) is 4.30. The van der Waals surface area contributed by atoms with Crippen LogP contribution in [0.4, 0.5) is 0 Å². The standard InChI is InChI=1S/C6H6NO2/c7-6(8)5-1-3-9-4-2-5/h1-3,7H,4H2. The van der Waals surface area contributed by atoms with Crippen molar-refractivity contribution in [1.29, 1.82) is 0 Å². The van der Waals surface area contributed by atoms with E-state index in [1.807, 2.05) is 0 Å². The molecule has 9 heavy (non-hydrogen) atoms. The Morgan fingerprint density at radius 1 is 1.78 bits per heavy atom. The normalized spacial score (nSPS) is 16.2. The SMILES string of the molecule is [NH]C(=O)C1=CCOC=C1. The molecule has 0 fully saturated rings. The van der Waals surface area contributed by atoms with Gasteiger partial charge in [0.25, 0.3) is 5.91 Å². The van der Waals surface area contributed by atoms with E-state index < -0.39 is 5.91 Å². The molecule has 0 spiro atoms. The molecule has 0 saturated carbocycles. The Bertz CT molecular complexity index is 181. The van der Waals surface area contributed by atoms with Crippen LogP contribution in [0.15, 0.2) is 24.0 Å². The Balaban J connectivity index is 2.69. The summed E-state index contributed by atoms with van der Waals surface area (Å²) >= 11 is 0. The lowest BCUT2D eigenvalue weighted by molar-refractivity contribution is -0.114. The Labute approximate surface area is 52.8 Å². The highest BCUT2D eigenvalue weighted by Crippen LogP contribution is 2.01. The van der Waals surface area contributed by atoms with Crippen LogP contribution in [-0.2, 0) is 9.53 Å². The third-order valence-electron chi connectivity index (χ3n) is 1.01. The zero-order valence-electron chi connectivity index (χ0n) is 4.76. The molecule has 0 aromatic carbocycles. The molecule has 0 bridgehead atoms. The lowest BCUT2D eigenvalue weighted by Crippen LogP contribution is -2.04. The number of hydrogen-bond acceptors (Lipinski definition) is 2. The largest absolute Gasteiger partial charge is 0.497 e. The lowest BCUT2D eigenvalue weighted by atomic mass is 10.2. The average molecular weight is 124 g/mol. The summed E-state index contributed by atoms with van der Waals surface area (Å²) < 4.78 is 4.76. The molecule has 47 valence electrons.